The molecule has 0 aliphatic rings. The van der Waals surface area contributed by atoms with E-state index in [0.717, 1.165) is 17.1 Å². The summed E-state index contributed by atoms with van der Waals surface area (Å²) in [5.41, 5.74) is 0.952. The van der Waals surface area contributed by atoms with Crippen LogP contribution in [0.5, 0.6) is 5.75 Å². The summed E-state index contributed by atoms with van der Waals surface area (Å²) in [4.78, 5) is 0. The van der Waals surface area contributed by atoms with E-state index in [1.807, 2.05) is 31.2 Å². The molecule has 0 aromatic heterocycles. The highest BCUT2D eigenvalue weighted by Gasteiger charge is 2.00. The third-order valence-electron chi connectivity index (χ3n) is 1.64. The number of methoxy groups -OCH3 is 1. The van der Waals surface area contributed by atoms with Gasteiger partial charge in [0, 0.05) is 5.56 Å². The van der Waals surface area contributed by atoms with Crippen molar-refractivity contribution in [1.29, 1.82) is 5.41 Å². The van der Waals surface area contributed by atoms with Crippen molar-refractivity contribution in [2.45, 2.75) is 6.92 Å². The van der Waals surface area contributed by atoms with Gasteiger partial charge in [-0.25, -0.2) is 0 Å². The molecule has 2 nitrogen and oxygen atoms in total. The maximum Gasteiger partial charge on any atom is 0.118 e. The number of hydrogen-bond acceptors (Lipinski definition) is 3. The van der Waals surface area contributed by atoms with E-state index in [0.29, 0.717) is 5.04 Å². The molecule has 0 unspecified atom stereocenters. The molecule has 1 aromatic carbocycles. The van der Waals surface area contributed by atoms with Crippen LogP contribution in [0.4, 0.5) is 0 Å². The predicted molar refractivity (Wildman–Crippen MR) is 58.0 cm³/mol. The Kier molecular flexibility index (Phi) is 3.83. The standard InChI is InChI=1S/C10H13NOS/c1-3-13-10(11)8-4-6-9(12-2)7-5-8/h4-7,11H,3H2,1-2H3. The first-order chi connectivity index (χ1) is 6.27. The van der Waals surface area contributed by atoms with Gasteiger partial charge in [-0.1, -0.05) is 6.92 Å². The van der Waals surface area contributed by atoms with Gasteiger partial charge in [-0.2, -0.15) is 0 Å². The molecule has 0 saturated carbocycles. The summed E-state index contributed by atoms with van der Waals surface area (Å²) in [5, 5.41) is 8.30. The molecular formula is C10H13NOS. The van der Waals surface area contributed by atoms with Gasteiger partial charge in [0.1, 0.15) is 5.75 Å². The molecule has 0 aliphatic heterocycles. The minimum absolute atomic E-state index is 0.616. The van der Waals surface area contributed by atoms with E-state index in [1.54, 1.807) is 18.9 Å². The fraction of sp³-hybridized carbons (Fsp3) is 0.300. The number of benzene rings is 1. The summed E-state index contributed by atoms with van der Waals surface area (Å²) in [6, 6.07) is 7.56. The number of hydrogen-bond donors (Lipinski definition) is 1. The fourth-order valence-corrected chi connectivity index (χ4v) is 1.56. The lowest BCUT2D eigenvalue weighted by molar-refractivity contribution is 0.415. The van der Waals surface area contributed by atoms with Gasteiger partial charge in [0.2, 0.25) is 0 Å². The van der Waals surface area contributed by atoms with Gasteiger partial charge in [-0.3, -0.25) is 5.41 Å². The summed E-state index contributed by atoms with van der Waals surface area (Å²) in [7, 11) is 1.64. The molecule has 3 heteroatoms. The highest BCUT2D eigenvalue weighted by Crippen LogP contribution is 2.16. The molecule has 0 fully saturated rings. The van der Waals surface area contributed by atoms with Crippen molar-refractivity contribution in [2.75, 3.05) is 12.9 Å². The van der Waals surface area contributed by atoms with Crippen LogP contribution in [0, 0.1) is 5.41 Å². The largest absolute Gasteiger partial charge is 0.497 e. The van der Waals surface area contributed by atoms with Crippen LogP contribution in [0.15, 0.2) is 24.3 Å². The second-order valence-corrected chi connectivity index (χ2v) is 3.76. The van der Waals surface area contributed by atoms with Gasteiger partial charge in [-0.15, -0.1) is 11.8 Å². The number of rotatable bonds is 3. The first-order valence-corrected chi connectivity index (χ1v) is 5.12. The molecule has 0 spiro atoms. The van der Waals surface area contributed by atoms with Crippen molar-refractivity contribution in [1.82, 2.24) is 0 Å². The van der Waals surface area contributed by atoms with Crippen molar-refractivity contribution >= 4 is 16.8 Å². The molecule has 0 aliphatic carbocycles. The third-order valence-corrected chi connectivity index (χ3v) is 2.45. The van der Waals surface area contributed by atoms with Gasteiger partial charge < -0.3 is 4.74 Å². The van der Waals surface area contributed by atoms with E-state index in [9.17, 15) is 0 Å². The third kappa shape index (κ3) is 2.77. The quantitative estimate of drug-likeness (QED) is 0.594. The van der Waals surface area contributed by atoms with E-state index < -0.39 is 0 Å². The van der Waals surface area contributed by atoms with Crippen LogP contribution in [0.1, 0.15) is 12.5 Å². The van der Waals surface area contributed by atoms with Crippen molar-refractivity contribution < 1.29 is 4.74 Å². The number of nitrogens with one attached hydrogen (secondary N) is 1. The predicted octanol–water partition coefficient (Wildman–Crippen LogP) is 2.77. The van der Waals surface area contributed by atoms with E-state index in [2.05, 4.69) is 0 Å². The molecule has 13 heavy (non-hydrogen) atoms. The van der Waals surface area contributed by atoms with Crippen molar-refractivity contribution in [2.24, 2.45) is 0 Å². The zero-order valence-electron chi connectivity index (χ0n) is 7.83. The summed E-state index contributed by atoms with van der Waals surface area (Å²) in [5.74, 6) is 1.77. The Morgan fingerprint density at radius 2 is 2.00 bits per heavy atom. The topological polar surface area (TPSA) is 33.1 Å². The van der Waals surface area contributed by atoms with Gasteiger partial charge >= 0.3 is 0 Å². The lowest BCUT2D eigenvalue weighted by Crippen LogP contribution is -1.93. The summed E-state index contributed by atoms with van der Waals surface area (Å²) in [6.45, 7) is 2.04. The molecule has 1 aromatic rings. The molecule has 0 saturated heterocycles. The molecular weight excluding hydrogens is 182 g/mol. The molecule has 0 bridgehead atoms. The number of ether oxygens (including phenoxy) is 1. The first-order valence-electron chi connectivity index (χ1n) is 4.13. The summed E-state index contributed by atoms with van der Waals surface area (Å²) >= 11 is 1.54. The number of thioether (sulfide) groups is 1. The van der Waals surface area contributed by atoms with Crippen molar-refractivity contribution in [3.63, 3.8) is 0 Å². The average molecular weight is 195 g/mol. The minimum atomic E-state index is 0.616. The lowest BCUT2D eigenvalue weighted by atomic mass is 10.2. The minimum Gasteiger partial charge on any atom is -0.497 e. The van der Waals surface area contributed by atoms with Crippen LogP contribution in [-0.4, -0.2) is 17.9 Å². The van der Waals surface area contributed by atoms with E-state index in [-0.39, 0.29) is 0 Å². The van der Waals surface area contributed by atoms with Gasteiger partial charge in [-0.05, 0) is 30.0 Å². The zero-order valence-corrected chi connectivity index (χ0v) is 8.65. The Bertz CT molecular complexity index is 281. The van der Waals surface area contributed by atoms with Crippen molar-refractivity contribution in [3.05, 3.63) is 29.8 Å². The Morgan fingerprint density at radius 3 is 2.46 bits per heavy atom. The van der Waals surface area contributed by atoms with Crippen LogP contribution < -0.4 is 4.74 Å². The Labute approximate surface area is 82.8 Å². The van der Waals surface area contributed by atoms with Crippen LogP contribution in [-0.2, 0) is 0 Å². The van der Waals surface area contributed by atoms with Crippen LogP contribution in [0.2, 0.25) is 0 Å². The monoisotopic (exact) mass is 195 g/mol. The highest BCUT2D eigenvalue weighted by atomic mass is 32.2. The zero-order chi connectivity index (χ0) is 9.68. The van der Waals surface area contributed by atoms with Crippen molar-refractivity contribution in [3.8, 4) is 5.75 Å². The van der Waals surface area contributed by atoms with E-state index >= 15 is 0 Å². The maximum atomic E-state index is 7.68. The molecule has 0 amide bonds. The molecule has 1 N–H and O–H groups in total. The Morgan fingerprint density at radius 1 is 1.38 bits per heavy atom. The molecule has 1 rings (SSSR count). The van der Waals surface area contributed by atoms with Gasteiger partial charge in [0.15, 0.2) is 0 Å². The Hall–Kier alpha value is -0.960. The van der Waals surface area contributed by atoms with Crippen LogP contribution in [0.25, 0.3) is 0 Å². The van der Waals surface area contributed by atoms with E-state index in [4.69, 9.17) is 10.1 Å². The molecule has 0 heterocycles. The second kappa shape index (κ2) is 4.92. The lowest BCUT2D eigenvalue weighted by Gasteiger charge is -2.03. The SMILES string of the molecule is CCSC(=N)c1ccc(OC)cc1. The fourth-order valence-electron chi connectivity index (χ4n) is 0.970. The van der Waals surface area contributed by atoms with Gasteiger partial charge in [0.05, 0.1) is 12.2 Å². The van der Waals surface area contributed by atoms with E-state index in [1.165, 1.54) is 0 Å². The summed E-state index contributed by atoms with van der Waals surface area (Å²) in [6.07, 6.45) is 0. The molecule has 70 valence electrons. The average Bonchev–Trinajstić information content (AvgIpc) is 2.18. The highest BCUT2D eigenvalue weighted by molar-refractivity contribution is 8.14. The molecule has 0 atom stereocenters. The smallest absolute Gasteiger partial charge is 0.118 e. The molecule has 0 radical (unpaired) electrons. The maximum absolute atomic E-state index is 7.68. The van der Waals surface area contributed by atoms with Gasteiger partial charge in [0.25, 0.3) is 0 Å². The summed E-state index contributed by atoms with van der Waals surface area (Å²) < 4.78 is 5.03. The Balaban J connectivity index is 2.74. The second-order valence-electron chi connectivity index (χ2n) is 2.49. The van der Waals surface area contributed by atoms with Crippen LogP contribution in [0.3, 0.4) is 0 Å². The first kappa shape index (κ1) is 10.1. The van der Waals surface area contributed by atoms with Crippen LogP contribution >= 0.6 is 11.8 Å². The normalized spacial score (nSPS) is 9.69.